The quantitative estimate of drug-likeness (QED) is 0.629. The topological polar surface area (TPSA) is 109 Å². The van der Waals surface area contributed by atoms with Gasteiger partial charge in [-0.05, 0) is 18.4 Å². The van der Waals surface area contributed by atoms with Crippen LogP contribution in [-0.2, 0) is 0 Å². The number of hydrogen-bond acceptors (Lipinski definition) is 6. The molecule has 2 atom stereocenters. The highest BCUT2D eigenvalue weighted by Gasteiger charge is 2.30. The Morgan fingerprint density at radius 1 is 1.63 bits per heavy atom. The minimum Gasteiger partial charge on any atom is -0.349 e. The second-order valence-corrected chi connectivity index (χ2v) is 4.91. The summed E-state index contributed by atoms with van der Waals surface area (Å²) in [6, 6.07) is 3.16. The number of pyridine rings is 1. The Hall–Kier alpha value is -2.20. The molecule has 2 N–H and O–H groups in total. The van der Waals surface area contributed by atoms with Crippen LogP contribution in [0.5, 0.6) is 0 Å². The van der Waals surface area contributed by atoms with Gasteiger partial charge in [0.1, 0.15) is 11.6 Å². The summed E-state index contributed by atoms with van der Waals surface area (Å²) in [6.07, 6.45) is 2.31. The lowest BCUT2D eigenvalue weighted by atomic mass is 9.96. The van der Waals surface area contributed by atoms with Crippen molar-refractivity contribution >= 4 is 11.5 Å². The first kappa shape index (κ1) is 13.2. The number of piperidine rings is 1. The Morgan fingerprint density at radius 2 is 2.37 bits per heavy atom. The summed E-state index contributed by atoms with van der Waals surface area (Å²) in [5, 5.41) is 20.1. The fraction of sp³-hybridized carbons (Fsp3) is 0.500. The van der Waals surface area contributed by atoms with Crippen molar-refractivity contribution in [1.82, 2.24) is 4.98 Å². The van der Waals surface area contributed by atoms with Crippen LogP contribution in [0.4, 0.5) is 11.5 Å². The maximum absolute atomic E-state index is 11.2. The van der Waals surface area contributed by atoms with Crippen LogP contribution in [0.15, 0.2) is 12.3 Å². The molecule has 1 aliphatic rings. The zero-order chi connectivity index (χ0) is 14.0. The first-order valence-corrected chi connectivity index (χ1v) is 6.07. The van der Waals surface area contributed by atoms with E-state index in [1.54, 1.807) is 4.90 Å². The van der Waals surface area contributed by atoms with Crippen LogP contribution in [0.3, 0.4) is 0 Å². The van der Waals surface area contributed by atoms with Crippen molar-refractivity contribution in [2.75, 3.05) is 18.0 Å². The van der Waals surface area contributed by atoms with Crippen LogP contribution in [0.25, 0.3) is 0 Å². The van der Waals surface area contributed by atoms with Gasteiger partial charge in [0.2, 0.25) is 5.82 Å². The van der Waals surface area contributed by atoms with E-state index >= 15 is 0 Å². The summed E-state index contributed by atoms with van der Waals surface area (Å²) >= 11 is 0. The van der Waals surface area contributed by atoms with Gasteiger partial charge < -0.3 is 10.6 Å². The molecule has 0 aromatic carbocycles. The van der Waals surface area contributed by atoms with Gasteiger partial charge in [-0.15, -0.1) is 0 Å². The van der Waals surface area contributed by atoms with E-state index in [0.29, 0.717) is 19.0 Å². The molecule has 19 heavy (non-hydrogen) atoms. The number of nitrogens with zero attached hydrogens (tertiary/aromatic N) is 4. The lowest BCUT2D eigenvalue weighted by Gasteiger charge is -2.35. The average Bonchev–Trinajstić information content (AvgIpc) is 2.36. The predicted octanol–water partition coefficient (Wildman–Crippen LogP) is 1.03. The Kier molecular flexibility index (Phi) is 3.62. The second kappa shape index (κ2) is 5.20. The van der Waals surface area contributed by atoms with Crippen molar-refractivity contribution in [3.63, 3.8) is 0 Å². The zero-order valence-electron chi connectivity index (χ0n) is 10.6. The summed E-state index contributed by atoms with van der Waals surface area (Å²) in [7, 11) is 0. The molecule has 1 saturated heterocycles. The van der Waals surface area contributed by atoms with Gasteiger partial charge in [0.15, 0.2) is 0 Å². The third-order valence-electron chi connectivity index (χ3n) is 3.20. The highest BCUT2D eigenvalue weighted by atomic mass is 16.6. The van der Waals surface area contributed by atoms with Crippen molar-refractivity contribution in [3.05, 3.63) is 27.9 Å². The monoisotopic (exact) mass is 261 g/mol. The van der Waals surface area contributed by atoms with Gasteiger partial charge in [-0.1, -0.05) is 6.92 Å². The largest absolute Gasteiger partial charge is 0.349 e. The summed E-state index contributed by atoms with van der Waals surface area (Å²) in [5.74, 6) is 0.585. The maximum Gasteiger partial charge on any atom is 0.329 e. The third kappa shape index (κ3) is 2.63. The van der Waals surface area contributed by atoms with E-state index in [-0.39, 0.29) is 23.1 Å². The molecule has 7 nitrogen and oxygen atoms in total. The van der Waals surface area contributed by atoms with Gasteiger partial charge in [0, 0.05) is 25.3 Å². The minimum absolute atomic E-state index is 0.0294. The second-order valence-electron chi connectivity index (χ2n) is 4.91. The highest BCUT2D eigenvalue weighted by molar-refractivity contribution is 5.65. The van der Waals surface area contributed by atoms with Crippen molar-refractivity contribution in [2.45, 2.75) is 19.4 Å². The van der Waals surface area contributed by atoms with E-state index in [1.807, 2.05) is 13.0 Å². The van der Waals surface area contributed by atoms with Gasteiger partial charge in [0.05, 0.1) is 4.92 Å². The smallest absolute Gasteiger partial charge is 0.329 e. The zero-order valence-corrected chi connectivity index (χ0v) is 10.6. The molecule has 0 amide bonds. The van der Waals surface area contributed by atoms with Crippen molar-refractivity contribution in [3.8, 4) is 6.07 Å². The van der Waals surface area contributed by atoms with Crippen molar-refractivity contribution in [2.24, 2.45) is 11.7 Å². The molecule has 7 heteroatoms. The number of nitrogens with two attached hydrogens (primary N) is 1. The molecule has 2 heterocycles. The summed E-state index contributed by atoms with van der Waals surface area (Å²) < 4.78 is 0. The molecule has 2 rings (SSSR count). The first-order chi connectivity index (χ1) is 9.02. The fourth-order valence-electron chi connectivity index (χ4n) is 2.52. The maximum atomic E-state index is 11.2. The van der Waals surface area contributed by atoms with Crippen molar-refractivity contribution in [1.29, 1.82) is 5.26 Å². The van der Waals surface area contributed by atoms with Crippen LogP contribution in [0.1, 0.15) is 18.9 Å². The number of aromatic nitrogens is 1. The molecule has 0 spiro atoms. The number of nitriles is 1. The Morgan fingerprint density at radius 3 is 2.95 bits per heavy atom. The fourth-order valence-corrected chi connectivity index (χ4v) is 2.52. The van der Waals surface area contributed by atoms with Crippen LogP contribution < -0.4 is 10.6 Å². The molecular formula is C12H15N5O2. The molecule has 0 radical (unpaired) electrons. The van der Waals surface area contributed by atoms with Crippen molar-refractivity contribution < 1.29 is 4.92 Å². The molecule has 0 saturated carbocycles. The van der Waals surface area contributed by atoms with Gasteiger partial charge in [-0.25, -0.2) is 4.98 Å². The van der Waals surface area contributed by atoms with E-state index < -0.39 is 4.92 Å². The lowest BCUT2D eigenvalue weighted by molar-refractivity contribution is -0.384. The minimum atomic E-state index is -0.550. The summed E-state index contributed by atoms with van der Waals surface area (Å²) in [4.78, 5) is 16.5. The number of rotatable bonds is 2. The highest BCUT2D eigenvalue weighted by Crippen LogP contribution is 2.31. The Labute approximate surface area is 110 Å². The summed E-state index contributed by atoms with van der Waals surface area (Å²) in [5.41, 5.74) is 5.74. The normalized spacial score (nSPS) is 22.9. The standard InChI is InChI=1S/C12H15N5O2/c1-8-4-10(14)7-16(6-8)12-11(17(18)19)9(5-13)2-3-15-12/h2-3,8,10H,4,6-7,14H2,1H3. The molecule has 0 aliphatic carbocycles. The molecule has 1 aliphatic heterocycles. The van der Waals surface area contributed by atoms with Crippen LogP contribution in [0.2, 0.25) is 0 Å². The van der Waals surface area contributed by atoms with Gasteiger partial charge >= 0.3 is 5.69 Å². The molecule has 1 aromatic rings. The molecular weight excluding hydrogens is 246 g/mol. The van der Waals surface area contributed by atoms with Gasteiger partial charge in [-0.3, -0.25) is 10.1 Å². The van der Waals surface area contributed by atoms with E-state index in [0.717, 1.165) is 6.42 Å². The van der Waals surface area contributed by atoms with E-state index in [9.17, 15) is 10.1 Å². The summed E-state index contributed by atoms with van der Waals surface area (Å²) in [6.45, 7) is 3.23. The Balaban J connectivity index is 2.44. The molecule has 0 bridgehead atoms. The number of hydrogen-bond donors (Lipinski definition) is 1. The van der Waals surface area contributed by atoms with Crippen LogP contribution in [0, 0.1) is 27.4 Å². The number of anilines is 1. The van der Waals surface area contributed by atoms with Crippen LogP contribution in [-0.4, -0.2) is 29.0 Å². The van der Waals surface area contributed by atoms with Gasteiger partial charge in [-0.2, -0.15) is 5.26 Å². The Bertz CT molecular complexity index is 529. The van der Waals surface area contributed by atoms with E-state index in [4.69, 9.17) is 11.0 Å². The average molecular weight is 261 g/mol. The third-order valence-corrected chi connectivity index (χ3v) is 3.20. The molecule has 1 aromatic heterocycles. The predicted molar refractivity (Wildman–Crippen MR) is 69.6 cm³/mol. The van der Waals surface area contributed by atoms with E-state index in [1.165, 1.54) is 12.3 Å². The first-order valence-electron chi connectivity index (χ1n) is 6.07. The van der Waals surface area contributed by atoms with Gasteiger partial charge in [0.25, 0.3) is 0 Å². The SMILES string of the molecule is CC1CC(N)CN(c2nccc(C#N)c2[N+](=O)[O-])C1. The number of nitro groups is 1. The molecule has 1 fully saturated rings. The molecule has 100 valence electrons. The lowest BCUT2D eigenvalue weighted by Crippen LogP contribution is -2.47. The van der Waals surface area contributed by atoms with E-state index in [2.05, 4.69) is 4.98 Å². The van der Waals surface area contributed by atoms with Crippen LogP contribution >= 0.6 is 0 Å². The molecule has 2 unspecified atom stereocenters.